The minimum absolute atomic E-state index is 0.000700. The van der Waals surface area contributed by atoms with E-state index in [0.717, 1.165) is 0 Å². The van der Waals surface area contributed by atoms with Crippen LogP contribution in [0.25, 0.3) is 22.3 Å². The van der Waals surface area contributed by atoms with Crippen LogP contribution in [0, 0.1) is 0 Å². The molecule has 0 radical (unpaired) electrons. The van der Waals surface area contributed by atoms with E-state index in [9.17, 15) is 30.3 Å². The first-order valence-corrected chi connectivity index (χ1v) is 10.3. The van der Waals surface area contributed by atoms with Gasteiger partial charge in [-0.05, 0) is 18.2 Å². The maximum absolute atomic E-state index is 13.1. The number of ether oxygens (including phenoxy) is 4. The van der Waals surface area contributed by atoms with Gasteiger partial charge in [0.2, 0.25) is 6.29 Å². The van der Waals surface area contributed by atoms with E-state index < -0.39 is 42.7 Å². The first-order valence-electron chi connectivity index (χ1n) is 10.3. The van der Waals surface area contributed by atoms with Crippen LogP contribution in [0.4, 0.5) is 0 Å². The number of aromatic hydroxyl groups is 1. The molecule has 0 bridgehead atoms. The van der Waals surface area contributed by atoms with E-state index in [-0.39, 0.29) is 39.7 Å². The normalized spacial score (nSPS) is 24.7. The highest BCUT2D eigenvalue weighted by Crippen LogP contribution is 2.36. The fraction of sp³-hybridized carbons (Fsp3) is 0.348. The molecule has 1 aromatic heterocycles. The van der Waals surface area contributed by atoms with Gasteiger partial charge in [-0.3, -0.25) is 4.79 Å². The average Bonchev–Trinajstić information content (AvgIpc) is 2.83. The number of hydrogen-bond acceptors (Lipinski definition) is 11. The van der Waals surface area contributed by atoms with Crippen molar-refractivity contribution in [1.29, 1.82) is 0 Å². The molecule has 0 amide bonds. The molecule has 0 spiro atoms. The number of aliphatic hydroxyl groups excluding tert-OH is 4. The molecule has 1 saturated heterocycles. The van der Waals surface area contributed by atoms with Crippen molar-refractivity contribution < 1.29 is 48.9 Å². The zero-order chi connectivity index (χ0) is 24.6. The smallest absolute Gasteiger partial charge is 0.229 e. The Hall–Kier alpha value is -3.35. The van der Waals surface area contributed by atoms with Crippen LogP contribution in [-0.4, -0.2) is 77.1 Å². The van der Waals surface area contributed by atoms with E-state index in [1.807, 2.05) is 0 Å². The van der Waals surface area contributed by atoms with Crippen LogP contribution in [0.3, 0.4) is 0 Å². The van der Waals surface area contributed by atoms with Crippen LogP contribution >= 0.6 is 0 Å². The zero-order valence-corrected chi connectivity index (χ0v) is 18.2. The summed E-state index contributed by atoms with van der Waals surface area (Å²) in [5.74, 6) is 0.452. The second-order valence-corrected chi connectivity index (χ2v) is 7.68. The molecule has 0 unspecified atom stereocenters. The van der Waals surface area contributed by atoms with Crippen molar-refractivity contribution in [3.8, 4) is 34.3 Å². The summed E-state index contributed by atoms with van der Waals surface area (Å²) in [4.78, 5) is 13.1. The summed E-state index contributed by atoms with van der Waals surface area (Å²) < 4.78 is 27.3. The highest BCUT2D eigenvalue weighted by Gasteiger charge is 2.45. The molecular formula is C23H24O11. The van der Waals surface area contributed by atoms with Crippen LogP contribution in [-0.2, 0) is 4.74 Å². The maximum atomic E-state index is 13.1. The van der Waals surface area contributed by atoms with E-state index in [1.54, 1.807) is 6.07 Å². The summed E-state index contributed by atoms with van der Waals surface area (Å²) >= 11 is 0. The van der Waals surface area contributed by atoms with Crippen molar-refractivity contribution in [3.63, 3.8) is 0 Å². The fourth-order valence-electron chi connectivity index (χ4n) is 3.71. The number of aliphatic hydroxyl groups is 4. The van der Waals surface area contributed by atoms with E-state index in [0.29, 0.717) is 5.56 Å². The predicted molar refractivity (Wildman–Crippen MR) is 117 cm³/mol. The molecule has 0 aliphatic carbocycles. The third kappa shape index (κ3) is 4.27. The monoisotopic (exact) mass is 476 g/mol. The summed E-state index contributed by atoms with van der Waals surface area (Å²) in [6, 6.07) is 8.55. The SMILES string of the molecule is COc1cc(O[C@@H]2O[C@H](CO)[C@@H](O)[C@@H](O)[C@H]2O)c2c(=O)cc(-c3ccc(OC)c(O)c3)oc2c1. The molecule has 11 heteroatoms. The number of rotatable bonds is 6. The van der Waals surface area contributed by atoms with Gasteiger partial charge in [0.25, 0.3) is 0 Å². The van der Waals surface area contributed by atoms with Crippen molar-refractivity contribution in [2.24, 2.45) is 0 Å². The lowest BCUT2D eigenvalue weighted by Gasteiger charge is -2.39. The second kappa shape index (κ2) is 9.49. The number of hydrogen-bond donors (Lipinski definition) is 5. The Morgan fingerprint density at radius 1 is 0.941 bits per heavy atom. The Labute approximate surface area is 192 Å². The molecule has 1 aliphatic heterocycles. The lowest BCUT2D eigenvalue weighted by Crippen LogP contribution is -2.60. The predicted octanol–water partition coefficient (Wildman–Crippen LogP) is 0.361. The van der Waals surface area contributed by atoms with Crippen LogP contribution in [0.5, 0.6) is 23.0 Å². The van der Waals surface area contributed by atoms with Crippen molar-refractivity contribution >= 4 is 11.0 Å². The number of phenolic OH excluding ortho intramolecular Hbond substituents is 1. The lowest BCUT2D eigenvalue weighted by atomic mass is 9.99. The largest absolute Gasteiger partial charge is 0.504 e. The molecule has 5 atom stereocenters. The van der Waals surface area contributed by atoms with Crippen LogP contribution in [0.15, 0.2) is 45.6 Å². The van der Waals surface area contributed by atoms with Crippen LogP contribution in [0.2, 0.25) is 0 Å². The Balaban J connectivity index is 1.78. The summed E-state index contributed by atoms with van der Waals surface area (Å²) in [6.45, 7) is -0.635. The molecule has 11 nitrogen and oxygen atoms in total. The summed E-state index contributed by atoms with van der Waals surface area (Å²) in [6.07, 6.45) is -7.59. The first-order chi connectivity index (χ1) is 16.3. The molecule has 0 saturated carbocycles. The zero-order valence-electron chi connectivity index (χ0n) is 18.2. The maximum Gasteiger partial charge on any atom is 0.229 e. The van der Waals surface area contributed by atoms with Gasteiger partial charge in [0.05, 0.1) is 20.8 Å². The number of methoxy groups -OCH3 is 2. The first kappa shape index (κ1) is 23.8. The van der Waals surface area contributed by atoms with Gasteiger partial charge in [-0.25, -0.2) is 0 Å². The van der Waals surface area contributed by atoms with E-state index in [1.165, 1.54) is 44.6 Å². The molecule has 2 heterocycles. The van der Waals surface area contributed by atoms with Gasteiger partial charge in [0, 0.05) is 23.8 Å². The average molecular weight is 476 g/mol. The topological polar surface area (TPSA) is 168 Å². The molecule has 5 N–H and O–H groups in total. The third-order valence-corrected chi connectivity index (χ3v) is 5.56. The molecule has 3 aromatic rings. The molecule has 1 fully saturated rings. The Morgan fingerprint density at radius 2 is 1.71 bits per heavy atom. The van der Waals surface area contributed by atoms with E-state index >= 15 is 0 Å². The number of phenols is 1. The third-order valence-electron chi connectivity index (χ3n) is 5.56. The van der Waals surface area contributed by atoms with Crippen molar-refractivity contribution in [3.05, 3.63) is 46.6 Å². The highest BCUT2D eigenvalue weighted by atomic mass is 16.7. The molecule has 182 valence electrons. The van der Waals surface area contributed by atoms with E-state index in [4.69, 9.17) is 23.4 Å². The van der Waals surface area contributed by atoms with Crippen molar-refractivity contribution in [2.45, 2.75) is 30.7 Å². The van der Waals surface area contributed by atoms with Gasteiger partial charge in [0.1, 0.15) is 52.6 Å². The van der Waals surface area contributed by atoms with Crippen LogP contribution < -0.4 is 19.6 Å². The van der Waals surface area contributed by atoms with Gasteiger partial charge in [-0.1, -0.05) is 0 Å². The Bertz CT molecular complexity index is 1240. The van der Waals surface area contributed by atoms with Gasteiger partial charge >= 0.3 is 0 Å². The summed E-state index contributed by atoms with van der Waals surface area (Å²) in [5, 5.41) is 49.8. The Morgan fingerprint density at radius 3 is 2.35 bits per heavy atom. The molecule has 4 rings (SSSR count). The van der Waals surface area contributed by atoms with Gasteiger partial charge in [0.15, 0.2) is 16.9 Å². The van der Waals surface area contributed by atoms with E-state index in [2.05, 4.69) is 0 Å². The fourth-order valence-corrected chi connectivity index (χ4v) is 3.71. The van der Waals surface area contributed by atoms with Crippen molar-refractivity contribution in [2.75, 3.05) is 20.8 Å². The number of fused-ring (bicyclic) bond motifs is 1. The summed E-state index contributed by atoms with van der Waals surface area (Å²) in [7, 11) is 2.80. The van der Waals surface area contributed by atoms with Gasteiger partial charge in [-0.15, -0.1) is 0 Å². The molecule has 34 heavy (non-hydrogen) atoms. The number of benzene rings is 2. The molecule has 1 aliphatic rings. The standard InChI is InChI=1S/C23H24O11/c1-30-11-6-16-19(13(26)8-15(32-16)10-3-4-14(31-2)12(25)5-10)17(7-11)33-23-22(29)21(28)20(27)18(9-24)34-23/h3-8,18,20-25,27-29H,9H2,1-2H3/t18-,20-,21-,22-,23-/m1/s1. The Kier molecular flexibility index (Phi) is 6.64. The summed E-state index contributed by atoms with van der Waals surface area (Å²) in [5.41, 5.74) is -0.0120. The minimum Gasteiger partial charge on any atom is -0.504 e. The van der Waals surface area contributed by atoms with Gasteiger partial charge in [-0.2, -0.15) is 0 Å². The molecular weight excluding hydrogens is 452 g/mol. The minimum atomic E-state index is -1.67. The van der Waals surface area contributed by atoms with Crippen molar-refractivity contribution in [1.82, 2.24) is 0 Å². The van der Waals surface area contributed by atoms with Gasteiger partial charge < -0.3 is 48.9 Å². The van der Waals surface area contributed by atoms with Crippen LogP contribution in [0.1, 0.15) is 0 Å². The second-order valence-electron chi connectivity index (χ2n) is 7.68. The quantitative estimate of drug-likeness (QED) is 0.333. The molecule has 2 aromatic carbocycles. The highest BCUT2D eigenvalue weighted by molar-refractivity contribution is 5.86. The lowest BCUT2D eigenvalue weighted by molar-refractivity contribution is -0.277.